The Balaban J connectivity index is 1.83. The molecule has 0 atom stereocenters. The minimum atomic E-state index is 0.854. The number of H-pyrrole nitrogens is 1. The SMILES string of the molecule is CCCCCCNCc1cn[nH]c1-c1cccnc1. The molecule has 4 nitrogen and oxygen atoms in total. The van der Waals surface area contributed by atoms with Crippen LogP contribution in [0.2, 0.25) is 0 Å². The topological polar surface area (TPSA) is 53.6 Å². The first-order valence-electron chi connectivity index (χ1n) is 7.05. The highest BCUT2D eigenvalue weighted by Gasteiger charge is 2.06. The van der Waals surface area contributed by atoms with E-state index in [9.17, 15) is 0 Å². The van der Waals surface area contributed by atoms with Crippen molar-refractivity contribution in [1.82, 2.24) is 20.5 Å². The Bertz CT molecular complexity index is 464. The highest BCUT2D eigenvalue weighted by atomic mass is 15.1. The zero-order valence-electron chi connectivity index (χ0n) is 11.5. The van der Waals surface area contributed by atoms with Gasteiger partial charge in [0.05, 0.1) is 11.9 Å². The van der Waals surface area contributed by atoms with Crippen molar-refractivity contribution in [1.29, 1.82) is 0 Å². The van der Waals surface area contributed by atoms with E-state index in [0.29, 0.717) is 0 Å². The Hall–Kier alpha value is -1.68. The Labute approximate surface area is 114 Å². The van der Waals surface area contributed by atoms with Gasteiger partial charge < -0.3 is 5.32 Å². The number of nitrogens with one attached hydrogen (secondary N) is 2. The zero-order valence-corrected chi connectivity index (χ0v) is 11.5. The Morgan fingerprint density at radius 2 is 2.16 bits per heavy atom. The summed E-state index contributed by atoms with van der Waals surface area (Å²) in [6.07, 6.45) is 10.7. The van der Waals surface area contributed by atoms with Crippen LogP contribution in [0.3, 0.4) is 0 Å². The molecule has 2 rings (SSSR count). The lowest BCUT2D eigenvalue weighted by atomic mass is 10.1. The largest absolute Gasteiger partial charge is 0.313 e. The highest BCUT2D eigenvalue weighted by molar-refractivity contribution is 5.61. The summed E-state index contributed by atoms with van der Waals surface area (Å²) < 4.78 is 0. The van der Waals surface area contributed by atoms with Gasteiger partial charge in [-0.3, -0.25) is 10.1 Å². The van der Waals surface area contributed by atoms with Gasteiger partial charge in [-0.15, -0.1) is 0 Å². The first kappa shape index (κ1) is 13.7. The minimum absolute atomic E-state index is 0.854. The van der Waals surface area contributed by atoms with Crippen molar-refractivity contribution in [3.8, 4) is 11.3 Å². The number of nitrogens with zero attached hydrogens (tertiary/aromatic N) is 2. The number of aromatic amines is 1. The van der Waals surface area contributed by atoms with E-state index in [2.05, 4.69) is 27.4 Å². The second-order valence-electron chi connectivity index (χ2n) is 4.75. The molecule has 0 saturated heterocycles. The van der Waals surface area contributed by atoms with E-state index in [-0.39, 0.29) is 0 Å². The van der Waals surface area contributed by atoms with Gasteiger partial charge in [-0.25, -0.2) is 0 Å². The summed E-state index contributed by atoms with van der Waals surface area (Å²) in [4.78, 5) is 4.14. The molecule has 102 valence electrons. The molecule has 0 saturated carbocycles. The fourth-order valence-corrected chi connectivity index (χ4v) is 2.11. The summed E-state index contributed by atoms with van der Waals surface area (Å²) in [6, 6.07) is 3.99. The number of hydrogen-bond acceptors (Lipinski definition) is 3. The molecule has 0 aromatic carbocycles. The van der Waals surface area contributed by atoms with Crippen LogP contribution in [0, 0.1) is 0 Å². The van der Waals surface area contributed by atoms with Crippen LogP contribution < -0.4 is 5.32 Å². The first-order chi connectivity index (χ1) is 9.42. The Kier molecular flexibility index (Phi) is 5.56. The van der Waals surface area contributed by atoms with E-state index in [0.717, 1.165) is 24.3 Å². The Morgan fingerprint density at radius 3 is 2.95 bits per heavy atom. The molecule has 2 aromatic rings. The molecule has 0 spiro atoms. The lowest BCUT2D eigenvalue weighted by Crippen LogP contribution is -2.14. The summed E-state index contributed by atoms with van der Waals surface area (Å²) in [5, 5.41) is 10.7. The molecular weight excluding hydrogens is 236 g/mol. The zero-order chi connectivity index (χ0) is 13.3. The van der Waals surface area contributed by atoms with Crippen LogP contribution in [0.5, 0.6) is 0 Å². The maximum Gasteiger partial charge on any atom is 0.0710 e. The molecule has 19 heavy (non-hydrogen) atoms. The van der Waals surface area contributed by atoms with Gasteiger partial charge in [-0.05, 0) is 25.1 Å². The summed E-state index contributed by atoms with van der Waals surface area (Å²) in [6.45, 7) is 4.16. The monoisotopic (exact) mass is 258 g/mol. The van der Waals surface area contributed by atoms with Crippen LogP contribution in [0.4, 0.5) is 0 Å². The molecule has 0 fully saturated rings. The number of pyridine rings is 1. The molecule has 0 radical (unpaired) electrons. The first-order valence-corrected chi connectivity index (χ1v) is 7.05. The molecule has 0 amide bonds. The third-order valence-corrected chi connectivity index (χ3v) is 3.19. The third kappa shape index (κ3) is 4.17. The quantitative estimate of drug-likeness (QED) is 0.715. The van der Waals surface area contributed by atoms with E-state index < -0.39 is 0 Å². The van der Waals surface area contributed by atoms with Gasteiger partial charge in [0.15, 0.2) is 0 Å². The van der Waals surface area contributed by atoms with Gasteiger partial charge in [-0.1, -0.05) is 26.2 Å². The molecule has 0 aliphatic rings. The van der Waals surface area contributed by atoms with E-state index in [1.165, 1.54) is 31.2 Å². The smallest absolute Gasteiger partial charge is 0.0710 e. The van der Waals surface area contributed by atoms with Crippen LogP contribution in [0.15, 0.2) is 30.7 Å². The lowest BCUT2D eigenvalue weighted by molar-refractivity contribution is 0.598. The molecule has 0 aliphatic heterocycles. The van der Waals surface area contributed by atoms with Crippen molar-refractivity contribution in [2.45, 2.75) is 39.2 Å². The van der Waals surface area contributed by atoms with Gasteiger partial charge >= 0.3 is 0 Å². The summed E-state index contributed by atoms with van der Waals surface area (Å²) in [5.74, 6) is 0. The summed E-state index contributed by atoms with van der Waals surface area (Å²) >= 11 is 0. The van der Waals surface area contributed by atoms with Crippen molar-refractivity contribution >= 4 is 0 Å². The lowest BCUT2D eigenvalue weighted by Gasteiger charge is -2.05. The van der Waals surface area contributed by atoms with Gasteiger partial charge in [0, 0.05) is 30.1 Å². The van der Waals surface area contributed by atoms with Crippen LogP contribution in [-0.4, -0.2) is 21.7 Å². The maximum atomic E-state index is 4.14. The fourth-order valence-electron chi connectivity index (χ4n) is 2.11. The Morgan fingerprint density at radius 1 is 1.21 bits per heavy atom. The van der Waals surface area contributed by atoms with Crippen LogP contribution in [-0.2, 0) is 6.54 Å². The van der Waals surface area contributed by atoms with Crippen LogP contribution >= 0.6 is 0 Å². The van der Waals surface area contributed by atoms with E-state index in [1.807, 2.05) is 24.5 Å². The van der Waals surface area contributed by atoms with Crippen molar-refractivity contribution < 1.29 is 0 Å². The summed E-state index contributed by atoms with van der Waals surface area (Å²) in [7, 11) is 0. The van der Waals surface area contributed by atoms with Crippen molar-refractivity contribution in [3.63, 3.8) is 0 Å². The molecule has 2 aromatic heterocycles. The molecule has 2 heterocycles. The number of aromatic nitrogens is 3. The molecule has 0 bridgehead atoms. The van der Waals surface area contributed by atoms with Gasteiger partial charge in [0.1, 0.15) is 0 Å². The van der Waals surface area contributed by atoms with E-state index >= 15 is 0 Å². The molecule has 0 aliphatic carbocycles. The number of hydrogen-bond donors (Lipinski definition) is 2. The van der Waals surface area contributed by atoms with Crippen molar-refractivity contribution in [2.75, 3.05) is 6.54 Å². The van der Waals surface area contributed by atoms with Crippen LogP contribution in [0.1, 0.15) is 38.2 Å². The van der Waals surface area contributed by atoms with E-state index in [4.69, 9.17) is 0 Å². The molecule has 2 N–H and O–H groups in total. The van der Waals surface area contributed by atoms with Crippen molar-refractivity contribution in [3.05, 3.63) is 36.3 Å². The molecular formula is C15H22N4. The second kappa shape index (κ2) is 7.69. The van der Waals surface area contributed by atoms with Crippen LogP contribution in [0.25, 0.3) is 11.3 Å². The fraction of sp³-hybridized carbons (Fsp3) is 0.467. The molecule has 0 unspecified atom stereocenters. The maximum absolute atomic E-state index is 4.14. The predicted molar refractivity (Wildman–Crippen MR) is 77.7 cm³/mol. The highest BCUT2D eigenvalue weighted by Crippen LogP contribution is 2.19. The predicted octanol–water partition coefficient (Wildman–Crippen LogP) is 3.14. The average molecular weight is 258 g/mol. The second-order valence-corrected chi connectivity index (χ2v) is 4.75. The van der Waals surface area contributed by atoms with Gasteiger partial charge in [0.25, 0.3) is 0 Å². The standard InChI is InChI=1S/C15H22N4/c1-2-3-4-5-8-16-11-14-12-18-19-15(14)13-7-6-9-17-10-13/h6-7,9-10,12,16H,2-5,8,11H2,1H3,(H,18,19). The minimum Gasteiger partial charge on any atom is -0.313 e. The average Bonchev–Trinajstić information content (AvgIpc) is 2.92. The van der Waals surface area contributed by atoms with E-state index in [1.54, 1.807) is 6.20 Å². The van der Waals surface area contributed by atoms with Gasteiger partial charge in [0.2, 0.25) is 0 Å². The summed E-state index contributed by atoms with van der Waals surface area (Å²) in [5.41, 5.74) is 3.35. The number of unbranched alkanes of at least 4 members (excludes halogenated alkanes) is 3. The number of rotatable bonds is 8. The third-order valence-electron chi connectivity index (χ3n) is 3.19. The molecule has 4 heteroatoms. The van der Waals surface area contributed by atoms with Crippen molar-refractivity contribution in [2.24, 2.45) is 0 Å². The van der Waals surface area contributed by atoms with Gasteiger partial charge in [-0.2, -0.15) is 5.10 Å². The normalized spacial score (nSPS) is 10.8.